The summed E-state index contributed by atoms with van der Waals surface area (Å²) in [5.41, 5.74) is -3.22. The molecule has 0 aromatic heterocycles. The molecule has 0 aromatic rings. The van der Waals surface area contributed by atoms with Gasteiger partial charge in [-0.15, -0.1) is 0 Å². The highest BCUT2D eigenvalue weighted by Gasteiger charge is 2.87. The van der Waals surface area contributed by atoms with Gasteiger partial charge in [-0.05, 0) is 37.0 Å². The fraction of sp³-hybridized carbons (Fsp3) is 0.895. The van der Waals surface area contributed by atoms with Crippen molar-refractivity contribution in [1.82, 2.24) is 0 Å². The topological polar surface area (TPSA) is 124 Å². The Kier molecular flexibility index (Phi) is 3.04. The minimum Gasteiger partial charge on any atom is -0.392 e. The van der Waals surface area contributed by atoms with Crippen molar-refractivity contribution in [3.63, 3.8) is 0 Å². The minimum atomic E-state index is -2.31. The lowest BCUT2D eigenvalue weighted by atomic mass is 9.35. The zero-order valence-electron chi connectivity index (χ0n) is 15.0. The van der Waals surface area contributed by atoms with Gasteiger partial charge in [0.2, 0.25) is 17.4 Å². The van der Waals surface area contributed by atoms with Crippen LogP contribution in [0.1, 0.15) is 39.5 Å². The molecule has 0 unspecified atom stereocenters. The normalized spacial score (nSPS) is 59.9. The molecular weight excluding hydrogens is 340 g/mol. The van der Waals surface area contributed by atoms with Gasteiger partial charge < -0.3 is 25.2 Å². The molecule has 4 bridgehead atoms. The average Bonchev–Trinajstić information content (AvgIpc) is 2.69. The number of carbonyl (C=O) groups is 2. The molecule has 0 amide bonds. The van der Waals surface area contributed by atoms with Crippen molar-refractivity contribution >= 4 is 11.6 Å². The Labute approximate surface area is 151 Å². The van der Waals surface area contributed by atoms with E-state index in [-0.39, 0.29) is 12.0 Å². The van der Waals surface area contributed by atoms with Crippen molar-refractivity contribution in [2.45, 2.75) is 63.6 Å². The Morgan fingerprint density at radius 2 is 1.73 bits per heavy atom. The maximum absolute atomic E-state index is 13.1. The van der Waals surface area contributed by atoms with Gasteiger partial charge >= 0.3 is 0 Å². The van der Waals surface area contributed by atoms with Crippen LogP contribution in [0.5, 0.6) is 0 Å². The van der Waals surface area contributed by atoms with Crippen LogP contribution in [0.2, 0.25) is 0 Å². The van der Waals surface area contributed by atoms with Gasteiger partial charge in [-0.2, -0.15) is 0 Å². The van der Waals surface area contributed by atoms with Crippen LogP contribution in [0, 0.1) is 34.0 Å². The number of ketones is 2. The van der Waals surface area contributed by atoms with Crippen LogP contribution in [-0.2, 0) is 14.3 Å². The average molecular weight is 366 g/mol. The number of fused-ring (bicyclic) bond motifs is 2. The highest BCUT2D eigenvalue weighted by Crippen LogP contribution is 2.75. The summed E-state index contributed by atoms with van der Waals surface area (Å²) < 4.78 is 5.69. The third-order valence-corrected chi connectivity index (χ3v) is 8.70. The summed E-state index contributed by atoms with van der Waals surface area (Å²) in [5, 5.41) is 44.7. The van der Waals surface area contributed by atoms with Gasteiger partial charge in [-0.3, -0.25) is 9.59 Å². The number of hydrogen-bond acceptors (Lipinski definition) is 7. The van der Waals surface area contributed by atoms with Gasteiger partial charge in [-0.25, -0.2) is 0 Å². The molecule has 0 aromatic carbocycles. The number of rotatable bonds is 0. The lowest BCUT2D eigenvalue weighted by Crippen LogP contribution is -2.85. The van der Waals surface area contributed by atoms with E-state index >= 15 is 0 Å². The van der Waals surface area contributed by atoms with E-state index in [2.05, 4.69) is 0 Å². The predicted octanol–water partition coefficient (Wildman–Crippen LogP) is -0.612. The van der Waals surface area contributed by atoms with Crippen LogP contribution < -0.4 is 0 Å². The summed E-state index contributed by atoms with van der Waals surface area (Å²) in [6, 6.07) is 0. The smallest absolute Gasteiger partial charge is 0.213 e. The lowest BCUT2D eigenvalue weighted by molar-refractivity contribution is -0.458. The van der Waals surface area contributed by atoms with Crippen molar-refractivity contribution < 1.29 is 34.8 Å². The minimum absolute atomic E-state index is 0.0150. The van der Waals surface area contributed by atoms with Crippen LogP contribution in [0.4, 0.5) is 0 Å². The van der Waals surface area contributed by atoms with Gasteiger partial charge in [-0.1, -0.05) is 13.8 Å². The predicted molar refractivity (Wildman–Crippen MR) is 86.5 cm³/mol. The third-order valence-electron chi connectivity index (χ3n) is 8.70. The van der Waals surface area contributed by atoms with E-state index in [0.29, 0.717) is 25.7 Å². The number of hydrogen-bond donors (Lipinski definition) is 4. The number of carbonyl (C=O) groups excluding carboxylic acids is 2. The van der Waals surface area contributed by atoms with E-state index in [1.54, 1.807) is 0 Å². The highest BCUT2D eigenvalue weighted by molar-refractivity contribution is 6.43. The first-order valence-electron chi connectivity index (χ1n) is 9.56. The second kappa shape index (κ2) is 4.58. The first-order valence-corrected chi connectivity index (χ1v) is 9.56. The van der Waals surface area contributed by atoms with E-state index in [4.69, 9.17) is 4.74 Å². The first-order chi connectivity index (χ1) is 12.1. The zero-order valence-corrected chi connectivity index (χ0v) is 15.0. The van der Waals surface area contributed by atoms with Crippen LogP contribution in [0.15, 0.2) is 0 Å². The summed E-state index contributed by atoms with van der Waals surface area (Å²) in [7, 11) is 0. The molecule has 4 N–H and O–H groups in total. The van der Waals surface area contributed by atoms with E-state index in [1.807, 2.05) is 13.8 Å². The second-order valence-corrected chi connectivity index (χ2v) is 9.81. The van der Waals surface area contributed by atoms with Gasteiger partial charge in [0.25, 0.3) is 0 Å². The van der Waals surface area contributed by atoms with Crippen molar-refractivity contribution in [1.29, 1.82) is 0 Å². The van der Waals surface area contributed by atoms with Crippen molar-refractivity contribution in [2.75, 3.05) is 6.61 Å². The molecule has 7 nitrogen and oxygen atoms in total. The second-order valence-electron chi connectivity index (χ2n) is 9.81. The van der Waals surface area contributed by atoms with Gasteiger partial charge in [0.15, 0.2) is 0 Å². The lowest BCUT2D eigenvalue weighted by Gasteiger charge is -2.74. The fourth-order valence-electron chi connectivity index (χ4n) is 7.75. The largest absolute Gasteiger partial charge is 0.392 e. The van der Waals surface area contributed by atoms with Crippen molar-refractivity contribution in [2.24, 2.45) is 34.0 Å². The molecule has 0 radical (unpaired) electrons. The molecule has 26 heavy (non-hydrogen) atoms. The van der Waals surface area contributed by atoms with Crippen molar-refractivity contribution in [3.05, 3.63) is 0 Å². The molecule has 2 saturated heterocycles. The third kappa shape index (κ3) is 1.40. The fourth-order valence-corrected chi connectivity index (χ4v) is 7.75. The number of aliphatic hydroxyl groups excluding tert-OH is 3. The number of aliphatic hydroxyl groups is 4. The maximum Gasteiger partial charge on any atom is 0.213 e. The molecule has 6 aliphatic rings. The van der Waals surface area contributed by atoms with Gasteiger partial charge in [0.05, 0.1) is 24.7 Å². The molecular formula is C19H26O7. The Morgan fingerprint density at radius 1 is 1.04 bits per heavy atom. The van der Waals surface area contributed by atoms with Crippen molar-refractivity contribution in [3.8, 4) is 0 Å². The molecule has 144 valence electrons. The molecule has 9 atom stereocenters. The summed E-state index contributed by atoms with van der Waals surface area (Å²) in [4.78, 5) is 25.6. The van der Waals surface area contributed by atoms with Crippen LogP contribution in [0.25, 0.3) is 0 Å². The molecule has 2 spiro atoms. The SMILES string of the molecule is CC1(C)CC[C@H](O)[C@]23CO[C@@](O)([C@@H](O)[C@H]12)[C@]12C(=O)C(=O)[C@H](CC[C@@H]31)[C@H]2O. The van der Waals surface area contributed by atoms with Gasteiger partial charge in [0.1, 0.15) is 11.5 Å². The quantitative estimate of drug-likeness (QED) is 0.422. The summed E-state index contributed by atoms with van der Waals surface area (Å²) in [6.07, 6.45) is -1.71. The summed E-state index contributed by atoms with van der Waals surface area (Å²) in [6.45, 7) is 4.00. The van der Waals surface area contributed by atoms with E-state index < -0.39 is 64.2 Å². The summed E-state index contributed by atoms with van der Waals surface area (Å²) in [5.74, 6) is -5.77. The summed E-state index contributed by atoms with van der Waals surface area (Å²) >= 11 is 0. The maximum atomic E-state index is 13.1. The molecule has 2 aliphatic heterocycles. The van der Waals surface area contributed by atoms with Crippen LogP contribution >= 0.6 is 0 Å². The highest BCUT2D eigenvalue weighted by atomic mass is 16.6. The first kappa shape index (κ1) is 17.3. The molecule has 4 saturated carbocycles. The van der Waals surface area contributed by atoms with Gasteiger partial charge in [0, 0.05) is 11.3 Å². The van der Waals surface area contributed by atoms with E-state index in [1.165, 1.54) is 0 Å². The van der Waals surface area contributed by atoms with E-state index in [9.17, 15) is 30.0 Å². The standard InChI is InChI=1S/C19H26O7/c1-16(2)6-5-10(20)17-7-26-19(25,15(24)12(16)17)18-9(17)4-3-8(13(18)22)11(21)14(18)23/h8-10,12-13,15,20,22,24-25H,3-7H2,1-2H3/t8-,9-,10-,12+,13+,15-,17+,18+,19-/m0/s1. The Hall–Kier alpha value is -0.860. The Balaban J connectivity index is 1.81. The Bertz CT molecular complexity index is 719. The molecule has 6 rings (SSSR count). The van der Waals surface area contributed by atoms with Crippen LogP contribution in [-0.4, -0.2) is 62.7 Å². The molecule has 6 fully saturated rings. The van der Waals surface area contributed by atoms with Crippen LogP contribution in [0.3, 0.4) is 0 Å². The number of Topliss-reactive ketones (excluding diaryl/α,β-unsaturated/α-hetero) is 2. The van der Waals surface area contributed by atoms with E-state index in [0.717, 1.165) is 0 Å². The molecule has 4 aliphatic carbocycles. The monoisotopic (exact) mass is 366 g/mol. The zero-order chi connectivity index (χ0) is 18.9. The molecule has 7 heteroatoms. The number of ether oxygens (including phenoxy) is 1. The molecule has 2 heterocycles. The Morgan fingerprint density at radius 3 is 2.42 bits per heavy atom.